The van der Waals surface area contributed by atoms with Crippen LogP contribution in [0.2, 0.25) is 0 Å². The first-order valence-electron chi connectivity index (χ1n) is 5.75. The molecule has 0 amide bonds. The van der Waals surface area contributed by atoms with Gasteiger partial charge in [0.2, 0.25) is 5.82 Å². The lowest BCUT2D eigenvalue weighted by molar-refractivity contribution is -0.137. The number of nitriles is 1. The quantitative estimate of drug-likeness (QED) is 0.867. The fourth-order valence-corrected chi connectivity index (χ4v) is 1.56. The molecule has 0 saturated carbocycles. The zero-order valence-corrected chi connectivity index (χ0v) is 10.5. The second kappa shape index (κ2) is 5.28. The maximum absolute atomic E-state index is 12.6. The van der Waals surface area contributed by atoms with Crippen molar-refractivity contribution in [1.29, 1.82) is 5.26 Å². The first kappa shape index (κ1) is 14.0. The number of benzene rings is 1. The summed E-state index contributed by atoms with van der Waals surface area (Å²) < 4.78 is 37.8. The van der Waals surface area contributed by atoms with Gasteiger partial charge in [-0.3, -0.25) is 0 Å². The second-order valence-electron chi connectivity index (χ2n) is 4.28. The second-order valence-corrected chi connectivity index (χ2v) is 4.28. The van der Waals surface area contributed by atoms with Gasteiger partial charge in [-0.05, 0) is 24.3 Å². The van der Waals surface area contributed by atoms with Crippen molar-refractivity contribution in [2.24, 2.45) is 5.92 Å². The average Bonchev–Trinajstić information content (AvgIpc) is 2.86. The van der Waals surface area contributed by atoms with Crippen molar-refractivity contribution in [2.45, 2.75) is 19.6 Å². The van der Waals surface area contributed by atoms with Crippen molar-refractivity contribution in [2.75, 3.05) is 0 Å². The number of alkyl halides is 3. The minimum atomic E-state index is -4.42. The Morgan fingerprint density at radius 2 is 2.15 bits per heavy atom. The van der Waals surface area contributed by atoms with Crippen LogP contribution >= 0.6 is 0 Å². The van der Waals surface area contributed by atoms with Gasteiger partial charge in [0, 0.05) is 5.56 Å². The van der Waals surface area contributed by atoms with E-state index >= 15 is 0 Å². The molecule has 1 aromatic heterocycles. The molecule has 20 heavy (non-hydrogen) atoms. The largest absolute Gasteiger partial charge is 0.416 e. The van der Waals surface area contributed by atoms with Gasteiger partial charge in [-0.15, -0.1) is 10.2 Å². The molecule has 1 heterocycles. The number of hydrogen-bond donors (Lipinski definition) is 0. The topological polar surface area (TPSA) is 67.4 Å². The van der Waals surface area contributed by atoms with Crippen LogP contribution in [0.25, 0.3) is 11.4 Å². The van der Waals surface area contributed by atoms with Crippen molar-refractivity contribution < 1.29 is 13.2 Å². The molecule has 8 heteroatoms. The molecule has 0 fully saturated rings. The summed E-state index contributed by atoms with van der Waals surface area (Å²) in [5.41, 5.74) is -0.535. The minimum absolute atomic E-state index is 0.0984. The SMILES string of the molecule is C[C@@H](C#N)Cn1nnc(-c2cccc(C(F)(F)F)c2)n1. The summed E-state index contributed by atoms with van der Waals surface area (Å²) in [5.74, 6) is -0.209. The van der Waals surface area contributed by atoms with Crippen molar-refractivity contribution in [1.82, 2.24) is 20.2 Å². The third-order valence-corrected chi connectivity index (χ3v) is 2.56. The number of hydrogen-bond acceptors (Lipinski definition) is 4. The molecule has 2 aromatic rings. The highest BCUT2D eigenvalue weighted by Gasteiger charge is 2.30. The van der Waals surface area contributed by atoms with Gasteiger partial charge in [0.1, 0.15) is 0 Å². The summed E-state index contributed by atoms with van der Waals surface area (Å²) in [6.07, 6.45) is -4.42. The molecule has 0 radical (unpaired) electrons. The molecule has 2 rings (SSSR count). The molecule has 0 unspecified atom stereocenters. The number of nitrogens with zero attached hydrogens (tertiary/aromatic N) is 5. The van der Waals surface area contributed by atoms with Gasteiger partial charge >= 0.3 is 6.18 Å². The highest BCUT2D eigenvalue weighted by molar-refractivity contribution is 5.55. The van der Waals surface area contributed by atoms with E-state index in [1.165, 1.54) is 16.9 Å². The van der Waals surface area contributed by atoms with Crippen molar-refractivity contribution >= 4 is 0 Å². The number of aromatic nitrogens is 4. The van der Waals surface area contributed by atoms with Gasteiger partial charge in [-0.2, -0.15) is 23.2 Å². The summed E-state index contributed by atoms with van der Waals surface area (Å²) in [6, 6.07) is 6.72. The smallest absolute Gasteiger partial charge is 0.198 e. The predicted molar refractivity (Wildman–Crippen MR) is 63.0 cm³/mol. The van der Waals surface area contributed by atoms with Crippen LogP contribution in [0.4, 0.5) is 13.2 Å². The molecule has 0 N–H and O–H groups in total. The van der Waals surface area contributed by atoms with Crippen LogP contribution in [-0.4, -0.2) is 20.2 Å². The zero-order chi connectivity index (χ0) is 14.8. The van der Waals surface area contributed by atoms with Gasteiger partial charge < -0.3 is 0 Å². The third-order valence-electron chi connectivity index (χ3n) is 2.56. The summed E-state index contributed by atoms with van der Waals surface area (Å²) in [6.45, 7) is 1.93. The number of halogens is 3. The normalized spacial score (nSPS) is 12.9. The Hall–Kier alpha value is -2.43. The van der Waals surface area contributed by atoms with Gasteiger partial charge in [0.25, 0.3) is 0 Å². The van der Waals surface area contributed by atoms with Crippen LogP contribution < -0.4 is 0 Å². The number of rotatable bonds is 3. The van der Waals surface area contributed by atoms with Gasteiger partial charge in [-0.1, -0.05) is 12.1 Å². The van der Waals surface area contributed by atoms with Crippen molar-refractivity contribution in [3.8, 4) is 17.5 Å². The zero-order valence-electron chi connectivity index (χ0n) is 10.5. The molecule has 1 aromatic carbocycles. The Bertz CT molecular complexity index is 641. The Morgan fingerprint density at radius 3 is 2.80 bits per heavy atom. The van der Waals surface area contributed by atoms with E-state index in [0.29, 0.717) is 0 Å². The van der Waals surface area contributed by atoms with E-state index in [1.807, 2.05) is 6.07 Å². The Labute approximate surface area is 112 Å². The highest BCUT2D eigenvalue weighted by Crippen LogP contribution is 2.31. The summed E-state index contributed by atoms with van der Waals surface area (Å²) >= 11 is 0. The van der Waals surface area contributed by atoms with E-state index in [9.17, 15) is 13.2 Å². The van der Waals surface area contributed by atoms with Gasteiger partial charge in [-0.25, -0.2) is 0 Å². The molecule has 0 aliphatic heterocycles. The van der Waals surface area contributed by atoms with Crippen LogP contribution in [0, 0.1) is 17.2 Å². The first-order valence-corrected chi connectivity index (χ1v) is 5.75. The lowest BCUT2D eigenvalue weighted by Gasteiger charge is -2.06. The Kier molecular flexibility index (Phi) is 3.70. The first-order chi connectivity index (χ1) is 9.40. The fourth-order valence-electron chi connectivity index (χ4n) is 1.56. The maximum atomic E-state index is 12.6. The molecule has 0 aliphatic carbocycles. The van der Waals surface area contributed by atoms with Crippen LogP contribution in [0.15, 0.2) is 24.3 Å². The monoisotopic (exact) mass is 281 g/mol. The molecule has 0 aliphatic rings. The molecular formula is C12H10F3N5. The molecule has 0 saturated heterocycles. The highest BCUT2D eigenvalue weighted by atomic mass is 19.4. The third kappa shape index (κ3) is 3.12. The predicted octanol–water partition coefficient (Wildman–Crippen LogP) is 2.52. The van der Waals surface area contributed by atoms with E-state index < -0.39 is 11.7 Å². The Morgan fingerprint density at radius 1 is 1.40 bits per heavy atom. The van der Waals surface area contributed by atoms with Gasteiger partial charge in [0.15, 0.2) is 0 Å². The van der Waals surface area contributed by atoms with Crippen molar-refractivity contribution in [3.63, 3.8) is 0 Å². The fraction of sp³-hybridized carbons (Fsp3) is 0.333. The van der Waals surface area contributed by atoms with Crippen LogP contribution in [0.3, 0.4) is 0 Å². The van der Waals surface area contributed by atoms with E-state index in [4.69, 9.17) is 5.26 Å². The lowest BCUT2D eigenvalue weighted by atomic mass is 10.1. The van der Waals surface area contributed by atoms with Crippen LogP contribution in [0.1, 0.15) is 12.5 Å². The maximum Gasteiger partial charge on any atom is 0.416 e. The van der Waals surface area contributed by atoms with Gasteiger partial charge in [0.05, 0.1) is 24.1 Å². The molecular weight excluding hydrogens is 271 g/mol. The van der Waals surface area contributed by atoms with E-state index in [2.05, 4.69) is 15.4 Å². The molecule has 5 nitrogen and oxygen atoms in total. The minimum Gasteiger partial charge on any atom is -0.198 e. The number of tetrazole rings is 1. The standard InChI is InChI=1S/C12H10F3N5/c1-8(6-16)7-20-18-11(17-19-20)9-3-2-4-10(5-9)12(13,14)15/h2-5,8H,7H2,1H3/t8-/m0/s1. The lowest BCUT2D eigenvalue weighted by Crippen LogP contribution is -2.09. The van der Waals surface area contributed by atoms with E-state index in [0.717, 1.165) is 12.1 Å². The molecule has 0 bridgehead atoms. The van der Waals surface area contributed by atoms with E-state index in [1.54, 1.807) is 6.92 Å². The van der Waals surface area contributed by atoms with Crippen molar-refractivity contribution in [3.05, 3.63) is 29.8 Å². The van der Waals surface area contributed by atoms with Crippen LogP contribution in [0.5, 0.6) is 0 Å². The summed E-state index contributed by atoms with van der Waals surface area (Å²) in [5, 5.41) is 20.1. The molecule has 0 spiro atoms. The molecule has 1 atom stereocenters. The van der Waals surface area contributed by atoms with E-state index in [-0.39, 0.29) is 23.9 Å². The Balaban J connectivity index is 2.27. The molecule has 104 valence electrons. The average molecular weight is 281 g/mol. The van der Waals surface area contributed by atoms with Crippen LogP contribution in [-0.2, 0) is 12.7 Å². The summed E-state index contributed by atoms with van der Waals surface area (Å²) in [7, 11) is 0. The summed E-state index contributed by atoms with van der Waals surface area (Å²) in [4.78, 5) is 1.20.